The minimum atomic E-state index is -0.776. The van der Waals surface area contributed by atoms with Gasteiger partial charge in [0.15, 0.2) is 0 Å². The van der Waals surface area contributed by atoms with Crippen LogP contribution in [-0.4, -0.2) is 21.2 Å². The summed E-state index contributed by atoms with van der Waals surface area (Å²) in [4.78, 5) is 14.8. The van der Waals surface area contributed by atoms with Crippen molar-refractivity contribution in [3.63, 3.8) is 0 Å². The molecule has 0 aliphatic heterocycles. The van der Waals surface area contributed by atoms with Crippen molar-refractivity contribution in [3.05, 3.63) is 34.1 Å². The molecule has 0 fully saturated rings. The SMILES string of the molecule is Cc1cc(Br)ccc1-c1noc(CCCCC(=O)O)n1. The molecule has 2 rings (SSSR count). The number of aliphatic carboxylic acids is 1. The number of halogens is 1. The summed E-state index contributed by atoms with van der Waals surface area (Å²) < 4.78 is 6.20. The van der Waals surface area contributed by atoms with Crippen LogP contribution in [0.2, 0.25) is 0 Å². The average Bonchev–Trinajstić information content (AvgIpc) is 2.83. The lowest BCUT2D eigenvalue weighted by molar-refractivity contribution is -0.137. The van der Waals surface area contributed by atoms with E-state index in [1.807, 2.05) is 25.1 Å². The van der Waals surface area contributed by atoms with E-state index in [4.69, 9.17) is 9.63 Å². The van der Waals surface area contributed by atoms with Crippen molar-refractivity contribution < 1.29 is 14.4 Å². The van der Waals surface area contributed by atoms with Crippen LogP contribution in [0.1, 0.15) is 30.7 Å². The summed E-state index contributed by atoms with van der Waals surface area (Å²) >= 11 is 3.42. The van der Waals surface area contributed by atoms with Gasteiger partial charge in [-0.2, -0.15) is 4.98 Å². The first-order valence-corrected chi connectivity index (χ1v) is 7.16. The summed E-state index contributed by atoms with van der Waals surface area (Å²) in [6.07, 6.45) is 2.13. The fourth-order valence-corrected chi connectivity index (χ4v) is 2.37. The highest BCUT2D eigenvalue weighted by Crippen LogP contribution is 2.24. The molecule has 1 N–H and O–H groups in total. The molecule has 0 unspecified atom stereocenters. The average molecular weight is 339 g/mol. The van der Waals surface area contributed by atoms with Gasteiger partial charge >= 0.3 is 5.97 Å². The highest BCUT2D eigenvalue weighted by molar-refractivity contribution is 9.10. The number of aromatic nitrogens is 2. The number of aryl methyl sites for hydroxylation is 2. The molecule has 0 spiro atoms. The van der Waals surface area contributed by atoms with Gasteiger partial charge in [-0.1, -0.05) is 21.1 Å². The van der Waals surface area contributed by atoms with E-state index in [0.717, 1.165) is 22.0 Å². The normalized spacial score (nSPS) is 10.7. The Labute approximate surface area is 125 Å². The molecule has 0 atom stereocenters. The Balaban J connectivity index is 1.99. The highest BCUT2D eigenvalue weighted by atomic mass is 79.9. The van der Waals surface area contributed by atoms with Gasteiger partial charge in [0.25, 0.3) is 0 Å². The smallest absolute Gasteiger partial charge is 0.303 e. The molecule has 0 aliphatic carbocycles. The zero-order chi connectivity index (χ0) is 14.5. The number of rotatable bonds is 6. The number of hydrogen-bond donors (Lipinski definition) is 1. The summed E-state index contributed by atoms with van der Waals surface area (Å²) in [6.45, 7) is 1.99. The van der Waals surface area contributed by atoms with Crippen molar-refractivity contribution in [3.8, 4) is 11.4 Å². The summed E-state index contributed by atoms with van der Waals surface area (Å²) in [5.41, 5.74) is 2.01. The van der Waals surface area contributed by atoms with Crippen molar-refractivity contribution >= 4 is 21.9 Å². The third kappa shape index (κ3) is 3.90. The van der Waals surface area contributed by atoms with E-state index >= 15 is 0 Å². The minimum absolute atomic E-state index is 0.173. The van der Waals surface area contributed by atoms with Crippen LogP contribution in [0, 0.1) is 6.92 Å². The molecule has 0 saturated carbocycles. The molecule has 1 aromatic heterocycles. The maximum absolute atomic E-state index is 10.4. The lowest BCUT2D eigenvalue weighted by atomic mass is 10.1. The molecule has 6 heteroatoms. The predicted molar refractivity (Wildman–Crippen MR) is 77.4 cm³/mol. The number of benzene rings is 1. The minimum Gasteiger partial charge on any atom is -0.481 e. The van der Waals surface area contributed by atoms with Gasteiger partial charge in [0.1, 0.15) is 0 Å². The molecule has 0 radical (unpaired) electrons. The first-order chi connectivity index (χ1) is 9.56. The molecular weight excluding hydrogens is 324 g/mol. The second-order valence-electron chi connectivity index (χ2n) is 4.57. The molecule has 0 saturated heterocycles. The molecule has 1 heterocycles. The van der Waals surface area contributed by atoms with Gasteiger partial charge in [-0.25, -0.2) is 0 Å². The summed E-state index contributed by atoms with van der Waals surface area (Å²) in [5, 5.41) is 12.5. The number of nitrogens with zero attached hydrogens (tertiary/aromatic N) is 2. The summed E-state index contributed by atoms with van der Waals surface area (Å²) in [7, 11) is 0. The summed E-state index contributed by atoms with van der Waals surface area (Å²) in [6, 6.07) is 5.88. The Morgan fingerprint density at radius 3 is 2.90 bits per heavy atom. The molecule has 0 bridgehead atoms. The van der Waals surface area contributed by atoms with E-state index in [1.165, 1.54) is 0 Å². The van der Waals surface area contributed by atoms with Crippen molar-refractivity contribution in [2.75, 3.05) is 0 Å². The first-order valence-electron chi connectivity index (χ1n) is 6.37. The fraction of sp³-hybridized carbons (Fsp3) is 0.357. The lowest BCUT2D eigenvalue weighted by Crippen LogP contribution is -1.95. The van der Waals surface area contributed by atoms with Crippen molar-refractivity contribution in [2.45, 2.75) is 32.6 Å². The summed E-state index contributed by atoms with van der Waals surface area (Å²) in [5.74, 6) is 0.345. The van der Waals surface area contributed by atoms with Crippen LogP contribution in [0.15, 0.2) is 27.2 Å². The topological polar surface area (TPSA) is 76.2 Å². The quantitative estimate of drug-likeness (QED) is 0.814. The van der Waals surface area contributed by atoms with Crippen LogP contribution in [0.4, 0.5) is 0 Å². The van der Waals surface area contributed by atoms with Crippen molar-refractivity contribution in [2.24, 2.45) is 0 Å². The van der Waals surface area contributed by atoms with Crippen molar-refractivity contribution in [1.82, 2.24) is 10.1 Å². The predicted octanol–water partition coefficient (Wildman–Crippen LogP) is 3.60. The van der Waals surface area contributed by atoms with Crippen LogP contribution in [0.5, 0.6) is 0 Å². The van der Waals surface area contributed by atoms with Gasteiger partial charge in [-0.05, 0) is 43.5 Å². The Bertz CT molecular complexity index is 610. The Morgan fingerprint density at radius 1 is 1.40 bits per heavy atom. The van der Waals surface area contributed by atoms with E-state index in [1.54, 1.807) is 0 Å². The molecule has 2 aromatic rings. The van der Waals surface area contributed by atoms with Crippen molar-refractivity contribution in [1.29, 1.82) is 0 Å². The Kier molecular flexibility index (Phi) is 4.89. The zero-order valence-electron chi connectivity index (χ0n) is 11.1. The van der Waals surface area contributed by atoms with Gasteiger partial charge in [-0.3, -0.25) is 4.79 Å². The van der Waals surface area contributed by atoms with Crippen LogP contribution in [-0.2, 0) is 11.2 Å². The molecule has 20 heavy (non-hydrogen) atoms. The van der Waals surface area contributed by atoms with Gasteiger partial charge in [-0.15, -0.1) is 0 Å². The standard InChI is InChI=1S/C14H15BrN2O3/c1-9-8-10(15)6-7-11(9)14-16-12(20-17-14)4-2-3-5-13(18)19/h6-8H,2-5H2,1H3,(H,18,19). The molecule has 0 aliphatic rings. The lowest BCUT2D eigenvalue weighted by Gasteiger charge is -2.00. The van der Waals surface area contributed by atoms with Crippen LogP contribution >= 0.6 is 15.9 Å². The third-order valence-corrected chi connectivity index (χ3v) is 3.42. The second-order valence-corrected chi connectivity index (χ2v) is 5.49. The molecular formula is C14H15BrN2O3. The molecule has 106 valence electrons. The largest absolute Gasteiger partial charge is 0.481 e. The number of hydrogen-bond acceptors (Lipinski definition) is 4. The van der Waals surface area contributed by atoms with E-state index in [-0.39, 0.29) is 6.42 Å². The van der Waals surface area contributed by atoms with E-state index in [9.17, 15) is 4.79 Å². The second kappa shape index (κ2) is 6.65. The van der Waals surface area contributed by atoms with Gasteiger partial charge in [0.2, 0.25) is 11.7 Å². The Morgan fingerprint density at radius 2 is 2.20 bits per heavy atom. The van der Waals surface area contributed by atoms with Gasteiger partial charge in [0.05, 0.1) is 0 Å². The molecule has 1 aromatic carbocycles. The monoisotopic (exact) mass is 338 g/mol. The molecule has 5 nitrogen and oxygen atoms in total. The highest BCUT2D eigenvalue weighted by Gasteiger charge is 2.11. The number of carbonyl (C=O) groups is 1. The number of unbranched alkanes of at least 4 members (excludes halogenated alkanes) is 1. The number of carboxylic acids is 1. The zero-order valence-corrected chi connectivity index (χ0v) is 12.7. The van der Waals surface area contributed by atoms with Gasteiger partial charge < -0.3 is 9.63 Å². The van der Waals surface area contributed by atoms with Crippen LogP contribution in [0.25, 0.3) is 11.4 Å². The van der Waals surface area contributed by atoms with E-state index in [2.05, 4.69) is 26.1 Å². The first kappa shape index (κ1) is 14.7. The van der Waals surface area contributed by atoms with Crippen LogP contribution < -0.4 is 0 Å². The number of carboxylic acid groups (broad SMARTS) is 1. The Hall–Kier alpha value is -1.69. The third-order valence-electron chi connectivity index (χ3n) is 2.93. The fourth-order valence-electron chi connectivity index (χ4n) is 1.90. The molecule has 0 amide bonds. The van der Waals surface area contributed by atoms with E-state index < -0.39 is 5.97 Å². The van der Waals surface area contributed by atoms with Gasteiger partial charge in [0, 0.05) is 22.9 Å². The van der Waals surface area contributed by atoms with E-state index in [0.29, 0.717) is 24.6 Å². The maximum Gasteiger partial charge on any atom is 0.303 e. The maximum atomic E-state index is 10.4. The van der Waals surface area contributed by atoms with Crippen LogP contribution in [0.3, 0.4) is 0 Å².